The molecule has 0 unspecified atom stereocenters. The molecule has 0 aliphatic carbocycles. The smallest absolute Gasteiger partial charge is 0.230 e. The summed E-state index contributed by atoms with van der Waals surface area (Å²) in [6.45, 7) is 4.12. The molecule has 0 amide bonds. The Bertz CT molecular complexity index is 982. The second kappa shape index (κ2) is 7.73. The number of nitrogens with zero attached hydrogens (tertiary/aromatic N) is 4. The van der Waals surface area contributed by atoms with Gasteiger partial charge in [0.25, 0.3) is 0 Å². The molecule has 1 fully saturated rings. The lowest BCUT2D eigenvalue weighted by molar-refractivity contribution is 0.312. The van der Waals surface area contributed by atoms with Crippen LogP contribution < -0.4 is 20.3 Å². The number of nitrogens with one attached hydrogen (secondary N) is 3. The summed E-state index contributed by atoms with van der Waals surface area (Å²) >= 11 is 6.24. The van der Waals surface area contributed by atoms with Crippen molar-refractivity contribution in [3.8, 4) is 5.75 Å². The van der Waals surface area contributed by atoms with Crippen LogP contribution in [0.15, 0.2) is 24.4 Å². The molecule has 0 atom stereocenters. The maximum atomic E-state index is 6.24. The van der Waals surface area contributed by atoms with Crippen molar-refractivity contribution in [1.29, 1.82) is 0 Å². The van der Waals surface area contributed by atoms with Crippen molar-refractivity contribution in [2.24, 2.45) is 0 Å². The summed E-state index contributed by atoms with van der Waals surface area (Å²) in [6.07, 6.45) is 1.71. The largest absolute Gasteiger partial charge is 0.494 e. The molecular formula is C19H24ClN7O. The number of fused-ring (bicyclic) bond motifs is 1. The highest BCUT2D eigenvalue weighted by Crippen LogP contribution is 2.33. The van der Waals surface area contributed by atoms with Crippen molar-refractivity contribution in [3.05, 3.63) is 29.4 Å². The van der Waals surface area contributed by atoms with Gasteiger partial charge in [0.05, 0.1) is 17.8 Å². The summed E-state index contributed by atoms with van der Waals surface area (Å²) in [6, 6.07) is 6.14. The zero-order chi connectivity index (χ0) is 19.7. The highest BCUT2D eigenvalue weighted by atomic mass is 35.5. The molecule has 0 bridgehead atoms. The average molecular weight is 402 g/mol. The Balaban J connectivity index is 1.62. The number of hydrogen-bond donors (Lipinski definition) is 3. The van der Waals surface area contributed by atoms with Crippen LogP contribution in [0.25, 0.3) is 11.0 Å². The molecule has 1 saturated heterocycles. The third-order valence-electron chi connectivity index (χ3n) is 5.02. The Kier molecular flexibility index (Phi) is 5.15. The van der Waals surface area contributed by atoms with Crippen LogP contribution in [0, 0.1) is 0 Å². The first-order chi connectivity index (χ1) is 13.6. The first kappa shape index (κ1) is 18.6. The van der Waals surface area contributed by atoms with E-state index in [1.54, 1.807) is 13.3 Å². The summed E-state index contributed by atoms with van der Waals surface area (Å²) in [5.74, 6) is 1.86. The van der Waals surface area contributed by atoms with Crippen LogP contribution in [0.3, 0.4) is 0 Å². The lowest BCUT2D eigenvalue weighted by Crippen LogP contribution is -2.44. The van der Waals surface area contributed by atoms with E-state index in [0.717, 1.165) is 48.8 Å². The number of piperazine rings is 1. The first-order valence-corrected chi connectivity index (χ1v) is 9.57. The average Bonchev–Trinajstić information content (AvgIpc) is 3.09. The Hall–Kier alpha value is -2.71. The molecule has 148 valence electrons. The van der Waals surface area contributed by atoms with E-state index in [-0.39, 0.29) is 0 Å². The lowest BCUT2D eigenvalue weighted by Gasteiger charge is -2.34. The van der Waals surface area contributed by atoms with Crippen LogP contribution in [-0.4, -0.2) is 67.2 Å². The Morgan fingerprint density at radius 3 is 2.68 bits per heavy atom. The van der Waals surface area contributed by atoms with Crippen molar-refractivity contribution in [2.45, 2.75) is 0 Å². The van der Waals surface area contributed by atoms with E-state index in [4.69, 9.17) is 16.3 Å². The topological polar surface area (TPSA) is 81.3 Å². The number of ether oxygens (including phenoxy) is 1. The number of aromatic amines is 1. The Labute approximate surface area is 168 Å². The number of rotatable bonds is 5. The highest BCUT2D eigenvalue weighted by Gasteiger charge is 2.17. The van der Waals surface area contributed by atoms with Crippen molar-refractivity contribution in [3.63, 3.8) is 0 Å². The van der Waals surface area contributed by atoms with Gasteiger partial charge in [0.15, 0.2) is 5.82 Å². The maximum absolute atomic E-state index is 6.24. The number of H-pyrrole nitrogens is 1. The van der Waals surface area contributed by atoms with Gasteiger partial charge < -0.3 is 30.2 Å². The Morgan fingerprint density at radius 2 is 1.96 bits per heavy atom. The van der Waals surface area contributed by atoms with Crippen LogP contribution in [-0.2, 0) is 0 Å². The zero-order valence-electron chi connectivity index (χ0n) is 16.2. The Morgan fingerprint density at radius 1 is 1.18 bits per heavy atom. The standard InChI is InChI=1S/C19H24ClN7O/c1-21-18-17-16(13(20)11-22-17)24-19(25-18)23-14-5-4-12(10-15(14)28-3)27-8-6-26(2)7-9-27/h4-5,10-11,22H,6-9H2,1-3H3,(H2,21,23,24,25). The van der Waals surface area contributed by atoms with E-state index in [0.29, 0.717) is 22.3 Å². The number of anilines is 4. The molecule has 1 aliphatic heterocycles. The minimum atomic E-state index is 0.448. The van der Waals surface area contributed by atoms with Gasteiger partial charge in [-0.25, -0.2) is 4.98 Å². The molecule has 2 aromatic heterocycles. The van der Waals surface area contributed by atoms with Crippen molar-refractivity contribution in [2.75, 3.05) is 62.9 Å². The fourth-order valence-corrected chi connectivity index (χ4v) is 3.57. The van der Waals surface area contributed by atoms with Crippen molar-refractivity contribution >= 4 is 45.8 Å². The van der Waals surface area contributed by atoms with Gasteiger partial charge in [-0.15, -0.1) is 0 Å². The van der Waals surface area contributed by atoms with Gasteiger partial charge in [-0.2, -0.15) is 4.98 Å². The highest BCUT2D eigenvalue weighted by molar-refractivity contribution is 6.35. The number of methoxy groups -OCH3 is 1. The molecule has 4 rings (SSSR count). The summed E-state index contributed by atoms with van der Waals surface area (Å²) in [5, 5.41) is 6.88. The van der Waals surface area contributed by atoms with Crippen LogP contribution in [0.1, 0.15) is 0 Å². The van der Waals surface area contributed by atoms with Gasteiger partial charge in [0, 0.05) is 51.2 Å². The van der Waals surface area contributed by atoms with Gasteiger partial charge in [-0.3, -0.25) is 0 Å². The minimum absolute atomic E-state index is 0.448. The molecule has 0 radical (unpaired) electrons. The predicted octanol–water partition coefficient (Wildman–Crippen LogP) is 3.16. The molecule has 3 N–H and O–H groups in total. The van der Waals surface area contributed by atoms with E-state index < -0.39 is 0 Å². The summed E-state index contributed by atoms with van der Waals surface area (Å²) < 4.78 is 5.62. The predicted molar refractivity (Wildman–Crippen MR) is 114 cm³/mol. The maximum Gasteiger partial charge on any atom is 0.230 e. The van der Waals surface area contributed by atoms with Gasteiger partial charge >= 0.3 is 0 Å². The van der Waals surface area contributed by atoms with Crippen molar-refractivity contribution in [1.82, 2.24) is 19.9 Å². The quantitative estimate of drug-likeness (QED) is 0.605. The molecule has 1 aliphatic rings. The van der Waals surface area contributed by atoms with E-state index >= 15 is 0 Å². The molecular weight excluding hydrogens is 378 g/mol. The zero-order valence-corrected chi connectivity index (χ0v) is 17.0. The first-order valence-electron chi connectivity index (χ1n) is 9.20. The number of halogens is 1. The normalized spacial score (nSPS) is 15.1. The molecule has 3 aromatic rings. The SMILES string of the molecule is CNc1nc(Nc2ccc(N3CCN(C)CC3)cc2OC)nc2c(Cl)c[nH]c12. The van der Waals surface area contributed by atoms with Crippen LogP contribution in [0.4, 0.5) is 23.1 Å². The van der Waals surface area contributed by atoms with Crippen LogP contribution in [0.2, 0.25) is 5.02 Å². The van der Waals surface area contributed by atoms with Gasteiger partial charge in [0.2, 0.25) is 5.95 Å². The third-order valence-corrected chi connectivity index (χ3v) is 5.30. The lowest BCUT2D eigenvalue weighted by atomic mass is 10.2. The van der Waals surface area contributed by atoms with Gasteiger partial charge in [-0.1, -0.05) is 11.6 Å². The third kappa shape index (κ3) is 3.53. The molecule has 1 aromatic carbocycles. The number of aromatic nitrogens is 3. The minimum Gasteiger partial charge on any atom is -0.494 e. The van der Waals surface area contributed by atoms with E-state index in [9.17, 15) is 0 Å². The molecule has 0 spiro atoms. The number of benzene rings is 1. The molecule has 3 heterocycles. The second-order valence-electron chi connectivity index (χ2n) is 6.81. The molecule has 0 saturated carbocycles. The summed E-state index contributed by atoms with van der Waals surface area (Å²) in [5.41, 5.74) is 3.39. The van der Waals surface area contributed by atoms with Crippen molar-refractivity contribution < 1.29 is 4.74 Å². The molecule has 8 nitrogen and oxygen atoms in total. The fraction of sp³-hybridized carbons (Fsp3) is 0.368. The van der Waals surface area contributed by atoms with Gasteiger partial charge in [0.1, 0.15) is 16.8 Å². The number of hydrogen-bond acceptors (Lipinski definition) is 7. The van der Waals surface area contributed by atoms with E-state index in [1.165, 1.54) is 0 Å². The van der Waals surface area contributed by atoms with E-state index in [1.807, 2.05) is 13.1 Å². The summed E-state index contributed by atoms with van der Waals surface area (Å²) in [7, 11) is 5.63. The number of likely N-dealkylation sites (N-methyl/N-ethyl adjacent to an activating group) is 1. The molecule has 28 heavy (non-hydrogen) atoms. The van der Waals surface area contributed by atoms with Gasteiger partial charge in [-0.05, 0) is 19.2 Å². The molecule has 9 heteroatoms. The van der Waals surface area contributed by atoms with Crippen LogP contribution in [0.5, 0.6) is 5.75 Å². The monoisotopic (exact) mass is 401 g/mol. The second-order valence-corrected chi connectivity index (χ2v) is 7.21. The summed E-state index contributed by atoms with van der Waals surface area (Å²) in [4.78, 5) is 16.9. The van der Waals surface area contributed by atoms with E-state index in [2.05, 4.69) is 54.6 Å². The fourth-order valence-electron chi connectivity index (χ4n) is 3.38. The van der Waals surface area contributed by atoms with Crippen LogP contribution >= 0.6 is 11.6 Å².